The number of hydrogen-bond donors (Lipinski definition) is 1. The van der Waals surface area contributed by atoms with Gasteiger partial charge in [0.05, 0.1) is 7.11 Å². The Hall–Kier alpha value is -0.770. The van der Waals surface area contributed by atoms with E-state index in [2.05, 4.69) is 4.90 Å². The number of ether oxygens (including phenoxy) is 1. The number of rotatable bonds is 5. The van der Waals surface area contributed by atoms with Gasteiger partial charge in [0.2, 0.25) is 0 Å². The third kappa shape index (κ3) is 2.95. The number of nitrogens with zero attached hydrogens (tertiary/aromatic N) is 1. The molecule has 0 spiro atoms. The van der Waals surface area contributed by atoms with Crippen LogP contribution in [0.1, 0.15) is 42.0 Å². The van der Waals surface area contributed by atoms with E-state index in [4.69, 9.17) is 16.3 Å². The lowest BCUT2D eigenvalue weighted by Gasteiger charge is -2.31. The van der Waals surface area contributed by atoms with Crippen LogP contribution < -0.4 is 4.74 Å². The Morgan fingerprint density at radius 2 is 2.00 bits per heavy atom. The standard InChI is InChI=1S/C16H24ClNO2/c1-11-10-13(17)12(2)15(16(11)20-3)14(6-9-19)18-7-4-5-8-18/h10,14,19H,4-9H2,1-3H3. The molecule has 1 N–H and O–H groups in total. The third-order valence-electron chi connectivity index (χ3n) is 4.23. The van der Waals surface area contributed by atoms with Crippen LogP contribution in [0, 0.1) is 13.8 Å². The van der Waals surface area contributed by atoms with E-state index in [-0.39, 0.29) is 12.6 Å². The number of likely N-dealkylation sites (tertiary alicyclic amines) is 1. The number of benzene rings is 1. The van der Waals surface area contributed by atoms with Gasteiger partial charge in [0, 0.05) is 23.2 Å². The Morgan fingerprint density at radius 1 is 1.35 bits per heavy atom. The molecule has 3 nitrogen and oxygen atoms in total. The minimum Gasteiger partial charge on any atom is -0.496 e. The predicted octanol–water partition coefficient (Wildman–Crippen LogP) is 3.48. The van der Waals surface area contributed by atoms with Gasteiger partial charge in [-0.15, -0.1) is 0 Å². The largest absolute Gasteiger partial charge is 0.496 e. The molecule has 4 heteroatoms. The van der Waals surface area contributed by atoms with Crippen molar-refractivity contribution < 1.29 is 9.84 Å². The second-order valence-corrected chi connectivity index (χ2v) is 5.93. The second-order valence-electron chi connectivity index (χ2n) is 5.52. The van der Waals surface area contributed by atoms with Gasteiger partial charge in [-0.25, -0.2) is 0 Å². The molecule has 1 aromatic carbocycles. The van der Waals surface area contributed by atoms with Gasteiger partial charge in [-0.05, 0) is 63.4 Å². The molecule has 1 atom stereocenters. The molecule has 1 aromatic rings. The quantitative estimate of drug-likeness (QED) is 0.903. The Bertz CT molecular complexity index is 470. The molecule has 1 fully saturated rings. The van der Waals surface area contributed by atoms with Gasteiger partial charge in [-0.2, -0.15) is 0 Å². The summed E-state index contributed by atoms with van der Waals surface area (Å²) in [5, 5.41) is 10.2. The number of methoxy groups -OCH3 is 1. The molecule has 1 aliphatic heterocycles. The highest BCUT2D eigenvalue weighted by Crippen LogP contribution is 2.40. The fourth-order valence-corrected chi connectivity index (χ4v) is 3.50. The summed E-state index contributed by atoms with van der Waals surface area (Å²) in [6.45, 7) is 6.40. The normalized spacial score (nSPS) is 17.4. The Morgan fingerprint density at radius 3 is 2.55 bits per heavy atom. The number of aliphatic hydroxyl groups is 1. The smallest absolute Gasteiger partial charge is 0.126 e. The first kappa shape index (κ1) is 15.6. The van der Waals surface area contributed by atoms with E-state index in [1.807, 2.05) is 19.9 Å². The van der Waals surface area contributed by atoms with Gasteiger partial charge in [0.15, 0.2) is 0 Å². The Kier molecular flexibility index (Phi) is 5.30. The van der Waals surface area contributed by atoms with E-state index in [0.29, 0.717) is 0 Å². The van der Waals surface area contributed by atoms with Crippen LogP contribution in [0.15, 0.2) is 6.07 Å². The van der Waals surface area contributed by atoms with Gasteiger partial charge in [-0.1, -0.05) is 11.6 Å². The first-order valence-electron chi connectivity index (χ1n) is 7.28. The molecular weight excluding hydrogens is 274 g/mol. The van der Waals surface area contributed by atoms with Crippen LogP contribution in [0.25, 0.3) is 0 Å². The van der Waals surface area contributed by atoms with Crippen molar-refractivity contribution in [3.63, 3.8) is 0 Å². The number of halogens is 1. The van der Waals surface area contributed by atoms with Crippen molar-refractivity contribution in [2.75, 3.05) is 26.8 Å². The fourth-order valence-electron chi connectivity index (χ4n) is 3.23. The summed E-state index contributed by atoms with van der Waals surface area (Å²) >= 11 is 6.36. The van der Waals surface area contributed by atoms with E-state index in [1.54, 1.807) is 7.11 Å². The molecular formula is C16H24ClNO2. The first-order chi connectivity index (χ1) is 9.60. The zero-order chi connectivity index (χ0) is 14.7. The van der Waals surface area contributed by atoms with E-state index in [9.17, 15) is 5.11 Å². The molecule has 1 saturated heterocycles. The highest BCUT2D eigenvalue weighted by atomic mass is 35.5. The average molecular weight is 298 g/mol. The Labute approximate surface area is 126 Å². The Balaban J connectivity index is 2.50. The van der Waals surface area contributed by atoms with Crippen molar-refractivity contribution in [1.29, 1.82) is 0 Å². The lowest BCUT2D eigenvalue weighted by atomic mass is 9.94. The van der Waals surface area contributed by atoms with E-state index < -0.39 is 0 Å². The molecule has 0 radical (unpaired) electrons. The topological polar surface area (TPSA) is 32.7 Å². The number of aliphatic hydroxyl groups excluding tert-OH is 1. The molecule has 0 aliphatic carbocycles. The molecule has 20 heavy (non-hydrogen) atoms. The molecule has 112 valence electrons. The third-order valence-corrected chi connectivity index (χ3v) is 4.62. The van der Waals surface area contributed by atoms with Crippen LogP contribution in [0.2, 0.25) is 5.02 Å². The van der Waals surface area contributed by atoms with Gasteiger partial charge in [0.25, 0.3) is 0 Å². The summed E-state index contributed by atoms with van der Waals surface area (Å²) in [6, 6.07) is 2.15. The van der Waals surface area contributed by atoms with Crippen molar-refractivity contribution in [1.82, 2.24) is 4.90 Å². The van der Waals surface area contributed by atoms with Crippen LogP contribution in [0.4, 0.5) is 0 Å². The van der Waals surface area contributed by atoms with Gasteiger partial charge >= 0.3 is 0 Å². The number of aryl methyl sites for hydroxylation is 1. The van der Waals surface area contributed by atoms with E-state index in [0.717, 1.165) is 47.0 Å². The minimum atomic E-state index is 0.176. The maximum absolute atomic E-state index is 9.45. The zero-order valence-corrected chi connectivity index (χ0v) is 13.3. The van der Waals surface area contributed by atoms with Gasteiger partial charge in [0.1, 0.15) is 5.75 Å². The molecule has 1 heterocycles. The molecule has 0 bridgehead atoms. The first-order valence-corrected chi connectivity index (χ1v) is 7.66. The van der Waals surface area contributed by atoms with Crippen LogP contribution in [0.5, 0.6) is 5.75 Å². The highest BCUT2D eigenvalue weighted by molar-refractivity contribution is 6.31. The summed E-state index contributed by atoms with van der Waals surface area (Å²) in [5.41, 5.74) is 3.27. The van der Waals surface area contributed by atoms with E-state index >= 15 is 0 Å². The maximum atomic E-state index is 9.45. The lowest BCUT2D eigenvalue weighted by Crippen LogP contribution is -2.27. The summed E-state index contributed by atoms with van der Waals surface area (Å²) in [5.74, 6) is 0.914. The van der Waals surface area contributed by atoms with Gasteiger partial charge < -0.3 is 9.84 Å². The van der Waals surface area contributed by atoms with Gasteiger partial charge in [-0.3, -0.25) is 4.90 Å². The molecule has 0 aromatic heterocycles. The number of hydrogen-bond acceptors (Lipinski definition) is 3. The average Bonchev–Trinajstić information content (AvgIpc) is 2.94. The SMILES string of the molecule is COc1c(C)cc(Cl)c(C)c1C(CCO)N1CCCC1. The zero-order valence-electron chi connectivity index (χ0n) is 12.6. The van der Waals surface area contributed by atoms with Crippen LogP contribution in [-0.4, -0.2) is 36.8 Å². The highest BCUT2D eigenvalue weighted by Gasteiger charge is 2.28. The monoisotopic (exact) mass is 297 g/mol. The molecule has 2 rings (SSSR count). The van der Waals surface area contributed by atoms with E-state index in [1.165, 1.54) is 12.8 Å². The molecule has 0 amide bonds. The second kappa shape index (κ2) is 6.79. The minimum absolute atomic E-state index is 0.176. The molecule has 1 aliphatic rings. The van der Waals surface area contributed by atoms with Crippen LogP contribution >= 0.6 is 11.6 Å². The summed E-state index contributed by atoms with van der Waals surface area (Å²) in [6.07, 6.45) is 3.17. The van der Waals surface area contributed by atoms with Crippen molar-refractivity contribution in [2.24, 2.45) is 0 Å². The van der Waals surface area contributed by atoms with Crippen LogP contribution in [0.3, 0.4) is 0 Å². The van der Waals surface area contributed by atoms with Crippen molar-refractivity contribution in [3.8, 4) is 5.75 Å². The van der Waals surface area contributed by atoms with Crippen molar-refractivity contribution in [3.05, 3.63) is 27.8 Å². The lowest BCUT2D eigenvalue weighted by molar-refractivity contribution is 0.181. The van der Waals surface area contributed by atoms with Crippen molar-refractivity contribution in [2.45, 2.75) is 39.2 Å². The predicted molar refractivity (Wildman–Crippen MR) is 82.7 cm³/mol. The summed E-state index contributed by atoms with van der Waals surface area (Å²) in [4.78, 5) is 2.44. The van der Waals surface area contributed by atoms with Crippen LogP contribution in [-0.2, 0) is 0 Å². The maximum Gasteiger partial charge on any atom is 0.126 e. The summed E-state index contributed by atoms with van der Waals surface area (Å²) < 4.78 is 5.63. The fraction of sp³-hybridized carbons (Fsp3) is 0.625. The van der Waals surface area contributed by atoms with Crippen molar-refractivity contribution >= 4 is 11.6 Å². The summed E-state index contributed by atoms with van der Waals surface area (Å²) in [7, 11) is 1.71. The molecule has 0 saturated carbocycles. The molecule has 1 unspecified atom stereocenters.